The average molecular weight is 345 g/mol. The molecule has 1 aromatic carbocycles. The summed E-state index contributed by atoms with van der Waals surface area (Å²) in [6.07, 6.45) is 4.11. The fourth-order valence-corrected chi connectivity index (χ4v) is 2.17. The highest BCUT2D eigenvalue weighted by Crippen LogP contribution is 2.10. The van der Waals surface area contributed by atoms with Gasteiger partial charge in [-0.15, -0.1) is 13.2 Å². The lowest BCUT2D eigenvalue weighted by molar-refractivity contribution is -0.128. The lowest BCUT2D eigenvalue weighted by Gasteiger charge is -2.19. The second-order valence-corrected chi connectivity index (χ2v) is 5.41. The molecule has 136 valence electrons. The van der Waals surface area contributed by atoms with Crippen LogP contribution in [0.5, 0.6) is 0 Å². The zero-order chi connectivity index (χ0) is 18.5. The van der Waals surface area contributed by atoms with Crippen LogP contribution in [0.2, 0.25) is 0 Å². The molecule has 0 radical (unpaired) electrons. The van der Waals surface area contributed by atoms with E-state index in [9.17, 15) is 9.59 Å². The molecule has 25 heavy (non-hydrogen) atoms. The van der Waals surface area contributed by atoms with Crippen molar-refractivity contribution >= 4 is 17.5 Å². The molecule has 2 amide bonds. The largest absolute Gasteiger partial charge is 0.385 e. The Kier molecular flexibility index (Phi) is 9.70. The van der Waals surface area contributed by atoms with Gasteiger partial charge in [-0.3, -0.25) is 9.59 Å². The monoisotopic (exact) mass is 345 g/mol. The fourth-order valence-electron chi connectivity index (χ4n) is 2.17. The van der Waals surface area contributed by atoms with E-state index in [0.717, 1.165) is 12.1 Å². The molecule has 0 aromatic heterocycles. The van der Waals surface area contributed by atoms with E-state index < -0.39 is 0 Å². The van der Waals surface area contributed by atoms with Crippen LogP contribution in [-0.4, -0.2) is 56.6 Å². The maximum atomic E-state index is 12.2. The third-order valence-corrected chi connectivity index (χ3v) is 3.43. The number of anilines is 1. The van der Waals surface area contributed by atoms with E-state index in [2.05, 4.69) is 23.8 Å². The topological polar surface area (TPSA) is 70.7 Å². The first-order valence-electron chi connectivity index (χ1n) is 8.23. The lowest BCUT2D eigenvalue weighted by Crippen LogP contribution is -2.35. The van der Waals surface area contributed by atoms with Crippen LogP contribution in [0.4, 0.5) is 5.69 Å². The van der Waals surface area contributed by atoms with Crippen LogP contribution in [0.1, 0.15) is 16.8 Å². The number of methoxy groups -OCH3 is 1. The summed E-state index contributed by atoms with van der Waals surface area (Å²) in [5.41, 5.74) is 1.26. The van der Waals surface area contributed by atoms with Crippen LogP contribution in [0.15, 0.2) is 49.6 Å². The minimum Gasteiger partial charge on any atom is -0.385 e. The SMILES string of the molecule is C=CCN(CC=C)C(=O)CNc1cccc(C(=O)NCCCOC)c1. The maximum absolute atomic E-state index is 12.2. The molecule has 0 aliphatic carbocycles. The Morgan fingerprint density at radius 2 is 1.96 bits per heavy atom. The number of benzene rings is 1. The van der Waals surface area contributed by atoms with Crippen molar-refractivity contribution in [1.29, 1.82) is 0 Å². The smallest absolute Gasteiger partial charge is 0.251 e. The molecule has 0 bridgehead atoms. The van der Waals surface area contributed by atoms with E-state index in [-0.39, 0.29) is 18.4 Å². The Hall–Kier alpha value is -2.60. The molecule has 0 aliphatic rings. The lowest BCUT2D eigenvalue weighted by atomic mass is 10.2. The normalized spacial score (nSPS) is 9.96. The van der Waals surface area contributed by atoms with Crippen molar-refractivity contribution in [2.24, 2.45) is 0 Å². The Labute approximate surface area is 149 Å². The highest BCUT2D eigenvalue weighted by atomic mass is 16.5. The molecule has 0 unspecified atom stereocenters. The second kappa shape index (κ2) is 11.9. The van der Waals surface area contributed by atoms with Crippen molar-refractivity contribution in [3.63, 3.8) is 0 Å². The van der Waals surface area contributed by atoms with E-state index >= 15 is 0 Å². The summed E-state index contributed by atoms with van der Waals surface area (Å²) in [7, 11) is 1.63. The van der Waals surface area contributed by atoms with Gasteiger partial charge in [-0.05, 0) is 24.6 Å². The van der Waals surface area contributed by atoms with Crippen molar-refractivity contribution in [3.05, 3.63) is 55.1 Å². The molecule has 0 aliphatic heterocycles. The van der Waals surface area contributed by atoms with Crippen LogP contribution >= 0.6 is 0 Å². The van der Waals surface area contributed by atoms with E-state index in [1.165, 1.54) is 0 Å². The number of nitrogens with zero attached hydrogens (tertiary/aromatic N) is 1. The Bertz CT molecular complexity index is 577. The van der Waals surface area contributed by atoms with Crippen molar-refractivity contribution in [1.82, 2.24) is 10.2 Å². The number of carbonyl (C=O) groups excluding carboxylic acids is 2. The van der Waals surface area contributed by atoms with Gasteiger partial charge in [-0.25, -0.2) is 0 Å². The van der Waals surface area contributed by atoms with E-state index in [0.29, 0.717) is 31.8 Å². The van der Waals surface area contributed by atoms with Gasteiger partial charge in [-0.1, -0.05) is 18.2 Å². The molecule has 1 aromatic rings. The van der Waals surface area contributed by atoms with Gasteiger partial charge < -0.3 is 20.3 Å². The molecular weight excluding hydrogens is 318 g/mol. The van der Waals surface area contributed by atoms with Crippen LogP contribution in [-0.2, 0) is 9.53 Å². The molecule has 0 spiro atoms. The molecule has 0 atom stereocenters. The predicted octanol–water partition coefficient (Wildman–Crippen LogP) is 2.07. The first-order chi connectivity index (χ1) is 12.1. The van der Waals surface area contributed by atoms with Crippen molar-refractivity contribution < 1.29 is 14.3 Å². The molecule has 0 fully saturated rings. The summed E-state index contributed by atoms with van der Waals surface area (Å²) in [6.45, 7) is 9.54. The van der Waals surface area contributed by atoms with Gasteiger partial charge in [0.15, 0.2) is 0 Å². The van der Waals surface area contributed by atoms with Crippen LogP contribution in [0, 0.1) is 0 Å². The minimum absolute atomic E-state index is 0.0609. The Balaban J connectivity index is 2.56. The number of hydrogen-bond acceptors (Lipinski definition) is 4. The number of rotatable bonds is 12. The van der Waals surface area contributed by atoms with Gasteiger partial charge in [0.1, 0.15) is 0 Å². The summed E-state index contributed by atoms with van der Waals surface area (Å²) >= 11 is 0. The van der Waals surface area contributed by atoms with E-state index in [1.807, 2.05) is 6.07 Å². The summed E-state index contributed by atoms with van der Waals surface area (Å²) in [5.74, 6) is -0.208. The van der Waals surface area contributed by atoms with Crippen LogP contribution < -0.4 is 10.6 Å². The number of nitrogens with one attached hydrogen (secondary N) is 2. The predicted molar refractivity (Wildman–Crippen MR) is 101 cm³/mol. The third kappa shape index (κ3) is 7.67. The first kappa shape index (κ1) is 20.4. The van der Waals surface area contributed by atoms with Crippen LogP contribution in [0.25, 0.3) is 0 Å². The maximum Gasteiger partial charge on any atom is 0.251 e. The number of amides is 2. The Morgan fingerprint density at radius 3 is 2.60 bits per heavy atom. The van der Waals surface area contributed by atoms with Crippen LogP contribution in [0.3, 0.4) is 0 Å². The molecule has 6 nitrogen and oxygen atoms in total. The molecule has 0 saturated heterocycles. The second-order valence-electron chi connectivity index (χ2n) is 5.41. The Morgan fingerprint density at radius 1 is 1.24 bits per heavy atom. The van der Waals surface area contributed by atoms with Gasteiger partial charge in [0.05, 0.1) is 6.54 Å². The standard InChI is InChI=1S/C19H27N3O3/c1-4-11-22(12-5-2)18(23)15-21-17-9-6-8-16(14-17)19(24)20-10-7-13-25-3/h4-6,8-9,14,21H,1-2,7,10-13,15H2,3H3,(H,20,24). The summed E-state index contributed by atoms with van der Waals surface area (Å²) in [4.78, 5) is 25.9. The van der Waals surface area contributed by atoms with E-state index in [1.54, 1.807) is 42.4 Å². The van der Waals surface area contributed by atoms with E-state index in [4.69, 9.17) is 4.74 Å². The van der Waals surface area contributed by atoms with Gasteiger partial charge >= 0.3 is 0 Å². The fraction of sp³-hybridized carbons (Fsp3) is 0.368. The van der Waals surface area contributed by atoms with Gasteiger partial charge in [0.2, 0.25) is 5.91 Å². The van der Waals surface area contributed by atoms with Gasteiger partial charge in [-0.2, -0.15) is 0 Å². The highest BCUT2D eigenvalue weighted by Gasteiger charge is 2.11. The highest BCUT2D eigenvalue weighted by molar-refractivity contribution is 5.95. The first-order valence-corrected chi connectivity index (χ1v) is 8.23. The quantitative estimate of drug-likeness (QED) is 0.449. The van der Waals surface area contributed by atoms with Gasteiger partial charge in [0, 0.05) is 44.6 Å². The van der Waals surface area contributed by atoms with Crippen molar-refractivity contribution in [2.45, 2.75) is 6.42 Å². The molecule has 2 N–H and O–H groups in total. The molecule has 6 heteroatoms. The number of ether oxygens (including phenoxy) is 1. The molecule has 0 heterocycles. The van der Waals surface area contributed by atoms with Crippen molar-refractivity contribution in [2.75, 3.05) is 45.2 Å². The minimum atomic E-state index is -0.147. The molecular formula is C19H27N3O3. The zero-order valence-electron chi connectivity index (χ0n) is 14.8. The summed E-state index contributed by atoms with van der Waals surface area (Å²) in [5, 5.41) is 5.89. The zero-order valence-corrected chi connectivity index (χ0v) is 14.8. The van der Waals surface area contributed by atoms with Gasteiger partial charge in [0.25, 0.3) is 5.91 Å². The summed E-state index contributed by atoms with van der Waals surface area (Å²) in [6, 6.07) is 7.06. The molecule has 1 rings (SSSR count). The number of hydrogen-bond donors (Lipinski definition) is 2. The van der Waals surface area contributed by atoms with Crippen molar-refractivity contribution in [3.8, 4) is 0 Å². The third-order valence-electron chi connectivity index (χ3n) is 3.43. The summed E-state index contributed by atoms with van der Waals surface area (Å²) < 4.78 is 4.95. The average Bonchev–Trinajstić information content (AvgIpc) is 2.63. The molecule has 0 saturated carbocycles. The number of carbonyl (C=O) groups is 2.